The van der Waals surface area contributed by atoms with E-state index in [9.17, 15) is 18.7 Å². The average molecular weight is 643 g/mol. The first kappa shape index (κ1) is 29.8. The van der Waals surface area contributed by atoms with E-state index >= 15 is 4.39 Å². The van der Waals surface area contributed by atoms with Crippen molar-refractivity contribution >= 4 is 33.4 Å². The van der Waals surface area contributed by atoms with Gasteiger partial charge in [-0.2, -0.15) is 9.97 Å². The molecule has 6 heterocycles. The maximum atomic E-state index is 16.9. The number of phenols is 1. The first-order valence-corrected chi connectivity index (χ1v) is 16.1. The number of anilines is 1. The summed E-state index contributed by atoms with van der Waals surface area (Å²) in [6.45, 7) is 2.28. The van der Waals surface area contributed by atoms with Crippen LogP contribution in [-0.4, -0.2) is 80.9 Å². The highest BCUT2D eigenvalue weighted by Crippen LogP contribution is 2.44. The van der Waals surface area contributed by atoms with E-state index in [-0.39, 0.29) is 58.4 Å². The molecule has 0 unspecified atom stereocenters. The van der Waals surface area contributed by atoms with Gasteiger partial charge in [0.1, 0.15) is 41.4 Å². The van der Waals surface area contributed by atoms with Crippen LogP contribution in [-0.2, 0) is 4.79 Å². The summed E-state index contributed by atoms with van der Waals surface area (Å²) in [6.07, 6.45) is 11.0. The summed E-state index contributed by atoms with van der Waals surface area (Å²) in [4.78, 5) is 30.5. The Morgan fingerprint density at radius 1 is 1.15 bits per heavy atom. The fraction of sp³-hybridized carbons (Fsp3) is 0.429. The predicted molar refractivity (Wildman–Crippen MR) is 170 cm³/mol. The van der Waals surface area contributed by atoms with Crippen molar-refractivity contribution in [3.63, 3.8) is 0 Å². The molecule has 8 rings (SSSR count). The van der Waals surface area contributed by atoms with E-state index < -0.39 is 28.9 Å². The molecule has 2 N–H and O–H groups in total. The van der Waals surface area contributed by atoms with Gasteiger partial charge in [-0.15, -0.1) is 6.42 Å². The second kappa shape index (κ2) is 11.0. The number of nitrogens with one attached hydrogen (secondary N) is 1. The molecule has 4 aliphatic heterocycles. The van der Waals surface area contributed by atoms with E-state index in [2.05, 4.69) is 31.0 Å². The van der Waals surface area contributed by atoms with Crippen molar-refractivity contribution in [2.45, 2.75) is 62.2 Å². The summed E-state index contributed by atoms with van der Waals surface area (Å²) in [5.74, 6) is 1.03. The Labute approximate surface area is 269 Å². The van der Waals surface area contributed by atoms with Crippen LogP contribution in [0.5, 0.6) is 11.8 Å². The van der Waals surface area contributed by atoms with Gasteiger partial charge < -0.3 is 20.1 Å². The van der Waals surface area contributed by atoms with Crippen molar-refractivity contribution in [2.24, 2.45) is 0 Å². The minimum absolute atomic E-state index is 0.0620. The van der Waals surface area contributed by atoms with E-state index in [0.717, 1.165) is 38.6 Å². The van der Waals surface area contributed by atoms with Crippen LogP contribution in [0.15, 0.2) is 30.5 Å². The van der Waals surface area contributed by atoms with Gasteiger partial charge in [-0.3, -0.25) is 14.7 Å². The lowest BCUT2D eigenvalue weighted by atomic mass is 9.85. The van der Waals surface area contributed by atoms with E-state index in [4.69, 9.17) is 16.1 Å². The third-order valence-electron chi connectivity index (χ3n) is 10.5. The summed E-state index contributed by atoms with van der Waals surface area (Å²) in [5.41, 5.74) is -1.28. The van der Waals surface area contributed by atoms with Crippen molar-refractivity contribution in [3.05, 3.63) is 47.7 Å². The van der Waals surface area contributed by atoms with E-state index in [0.29, 0.717) is 42.6 Å². The quantitative estimate of drug-likeness (QED) is 0.293. The summed E-state index contributed by atoms with van der Waals surface area (Å²) >= 11 is 0. The third kappa shape index (κ3) is 4.74. The van der Waals surface area contributed by atoms with Crippen molar-refractivity contribution < 1.29 is 27.8 Å². The molecule has 4 aliphatic rings. The van der Waals surface area contributed by atoms with E-state index in [1.807, 2.05) is 0 Å². The highest BCUT2D eigenvalue weighted by molar-refractivity contribution is 6.03. The zero-order valence-electron chi connectivity index (χ0n) is 25.7. The van der Waals surface area contributed by atoms with E-state index in [1.165, 1.54) is 30.5 Å². The molecular formula is C35H33F3N6O3. The number of carbonyl (C=O) groups is 1. The molecule has 12 heteroatoms. The maximum absolute atomic E-state index is 16.9. The van der Waals surface area contributed by atoms with Gasteiger partial charge in [-0.25, -0.2) is 13.2 Å². The largest absolute Gasteiger partial charge is 0.508 e. The molecule has 4 saturated heterocycles. The summed E-state index contributed by atoms with van der Waals surface area (Å²) in [6, 6.07) is 5.32. The van der Waals surface area contributed by atoms with Gasteiger partial charge in [-0.1, -0.05) is 12.0 Å². The molecule has 4 aromatic rings. The van der Waals surface area contributed by atoms with Crippen LogP contribution in [0.4, 0.5) is 19.0 Å². The molecule has 0 saturated carbocycles. The van der Waals surface area contributed by atoms with Crippen molar-refractivity contribution in [1.82, 2.24) is 25.2 Å². The van der Waals surface area contributed by atoms with Crippen LogP contribution in [0.1, 0.15) is 50.5 Å². The van der Waals surface area contributed by atoms with Gasteiger partial charge in [0.25, 0.3) is 0 Å². The van der Waals surface area contributed by atoms with Gasteiger partial charge in [0.15, 0.2) is 5.82 Å². The number of carbonyl (C=O) groups excluding carboxylic acids is 1. The highest BCUT2D eigenvalue weighted by Gasteiger charge is 2.50. The fourth-order valence-electron chi connectivity index (χ4n) is 8.36. The molecule has 9 nitrogen and oxygen atoms in total. The first-order chi connectivity index (χ1) is 22.7. The van der Waals surface area contributed by atoms with Gasteiger partial charge >= 0.3 is 6.01 Å². The van der Waals surface area contributed by atoms with Crippen LogP contribution in [0, 0.1) is 24.0 Å². The fourth-order valence-corrected chi connectivity index (χ4v) is 8.36. The molecule has 2 aromatic carbocycles. The number of phenolic OH excluding ortho intramolecular Hbond substituents is 1. The van der Waals surface area contributed by atoms with Gasteiger partial charge in [0.05, 0.1) is 28.4 Å². The Bertz CT molecular complexity index is 2000. The van der Waals surface area contributed by atoms with Crippen LogP contribution in [0.3, 0.4) is 0 Å². The molecule has 242 valence electrons. The minimum atomic E-state index is -0.950. The number of hydrogen-bond donors (Lipinski definition) is 2. The summed E-state index contributed by atoms with van der Waals surface area (Å²) in [7, 11) is 0. The van der Waals surface area contributed by atoms with Crippen molar-refractivity contribution in [1.29, 1.82) is 0 Å². The number of pyridine rings is 1. The molecule has 0 aliphatic carbocycles. The minimum Gasteiger partial charge on any atom is -0.508 e. The number of alkyl halides is 1. The Balaban J connectivity index is 1.31. The molecular weight excluding hydrogens is 609 g/mol. The van der Waals surface area contributed by atoms with E-state index in [1.54, 1.807) is 0 Å². The standard InChI is InChI=1S/C35H33F3N6O3/c1-2-23-26(37)7-6-20-12-22(45)13-24(28(20)23)30-29(38)31-25(16-39-30)32(44-11-4-3-8-34(44)15-27(46)40-18-34)42-33(41-31)47-19-35-9-5-10-43(35)17-21(36)14-35/h1,6-7,12-13,16,21,45H,3-5,8-11,14-15,17-19H2,(H,40,46)/t21-,34+,35+/m1/s1. The van der Waals surface area contributed by atoms with Crippen molar-refractivity contribution in [2.75, 3.05) is 37.7 Å². The molecule has 2 aromatic heterocycles. The smallest absolute Gasteiger partial charge is 0.319 e. The number of nitrogens with zero attached hydrogens (tertiary/aromatic N) is 5. The normalized spacial score (nSPS) is 25.9. The number of halogens is 3. The number of fused-ring (bicyclic) bond motifs is 3. The number of aromatic hydroxyl groups is 1. The number of aromatic nitrogens is 3. The zero-order chi connectivity index (χ0) is 32.5. The molecule has 4 fully saturated rings. The molecule has 0 bridgehead atoms. The lowest BCUT2D eigenvalue weighted by Gasteiger charge is -2.45. The van der Waals surface area contributed by atoms with Gasteiger partial charge in [0.2, 0.25) is 5.91 Å². The summed E-state index contributed by atoms with van der Waals surface area (Å²) in [5, 5.41) is 14.5. The van der Waals surface area contributed by atoms with Crippen LogP contribution in [0.2, 0.25) is 0 Å². The molecule has 47 heavy (non-hydrogen) atoms. The van der Waals surface area contributed by atoms with Crippen LogP contribution >= 0.6 is 0 Å². The Morgan fingerprint density at radius 3 is 2.83 bits per heavy atom. The number of terminal acetylenes is 1. The molecule has 1 spiro atoms. The molecule has 0 radical (unpaired) electrons. The molecule has 1 amide bonds. The SMILES string of the molecule is C#Cc1c(F)ccc2cc(O)cc(-c3ncc4c(N5CCCC[C@]56CNC(=O)C6)nc(OC[C@@]56CCCN5C[C@H](F)C6)nc4c3F)c12. The number of amides is 1. The number of benzene rings is 2. The number of piperidine rings is 1. The van der Waals surface area contributed by atoms with Gasteiger partial charge in [-0.05, 0) is 62.2 Å². The van der Waals surface area contributed by atoms with Crippen LogP contribution in [0.25, 0.3) is 32.9 Å². The first-order valence-electron chi connectivity index (χ1n) is 16.1. The van der Waals surface area contributed by atoms with Crippen molar-refractivity contribution in [3.8, 4) is 35.4 Å². The van der Waals surface area contributed by atoms with Crippen LogP contribution < -0.4 is 15.0 Å². The topological polar surface area (TPSA) is 104 Å². The average Bonchev–Trinajstić information content (AvgIpc) is 3.71. The Morgan fingerprint density at radius 2 is 2.02 bits per heavy atom. The number of hydrogen-bond acceptors (Lipinski definition) is 8. The monoisotopic (exact) mass is 642 g/mol. The number of ether oxygens (including phenoxy) is 1. The lowest BCUT2D eigenvalue weighted by Crippen LogP contribution is -2.54. The zero-order valence-corrected chi connectivity index (χ0v) is 25.7. The second-order valence-electron chi connectivity index (χ2n) is 13.3. The third-order valence-corrected chi connectivity index (χ3v) is 10.5. The predicted octanol–water partition coefficient (Wildman–Crippen LogP) is 5.01. The second-order valence-corrected chi connectivity index (χ2v) is 13.3. The lowest BCUT2D eigenvalue weighted by molar-refractivity contribution is -0.119. The Kier molecular flexibility index (Phi) is 6.95. The number of rotatable bonds is 5. The van der Waals surface area contributed by atoms with Gasteiger partial charge in [0, 0.05) is 43.2 Å². The maximum Gasteiger partial charge on any atom is 0.319 e. The summed E-state index contributed by atoms with van der Waals surface area (Å²) < 4.78 is 52.6. The molecule has 3 atom stereocenters. The highest BCUT2D eigenvalue weighted by atomic mass is 19.1. The Hall–Kier alpha value is -4.63.